The summed E-state index contributed by atoms with van der Waals surface area (Å²) in [5.74, 6) is 0. The van der Waals surface area contributed by atoms with Crippen LogP contribution in [0.5, 0.6) is 0 Å². The molecule has 2 aromatic rings. The van der Waals surface area contributed by atoms with E-state index in [0.29, 0.717) is 16.5 Å². The van der Waals surface area contributed by atoms with Gasteiger partial charge in [-0.05, 0) is 32.9 Å². The number of carbonyl (C=O) groups excluding carboxylic acids is 1. The van der Waals surface area contributed by atoms with E-state index < -0.39 is 21.7 Å². The summed E-state index contributed by atoms with van der Waals surface area (Å²) in [5, 5.41) is 3.85. The number of rotatable bonds is 3. The van der Waals surface area contributed by atoms with Gasteiger partial charge in [-0.2, -0.15) is 0 Å². The van der Waals surface area contributed by atoms with Gasteiger partial charge in [0.1, 0.15) is 5.60 Å². The minimum atomic E-state index is -3.59. The zero-order valence-corrected chi connectivity index (χ0v) is 15.3. The molecule has 1 amide bonds. The van der Waals surface area contributed by atoms with Gasteiger partial charge in [-0.3, -0.25) is 5.32 Å². The van der Waals surface area contributed by atoms with E-state index in [0.717, 1.165) is 4.31 Å². The third-order valence-electron chi connectivity index (χ3n) is 3.28. The van der Waals surface area contributed by atoms with Crippen LogP contribution in [0.2, 0.25) is 0 Å². The van der Waals surface area contributed by atoms with E-state index in [4.69, 9.17) is 4.74 Å². The molecular formula is C17H22N2O4S. The van der Waals surface area contributed by atoms with Crippen LogP contribution in [0, 0.1) is 0 Å². The molecule has 6 nitrogen and oxygen atoms in total. The molecule has 0 aromatic heterocycles. The molecule has 1 N–H and O–H groups in total. The Bertz CT molecular complexity index is 868. The van der Waals surface area contributed by atoms with Crippen molar-refractivity contribution in [2.75, 3.05) is 19.4 Å². The smallest absolute Gasteiger partial charge is 0.412 e. The first-order chi connectivity index (χ1) is 11.0. The maximum Gasteiger partial charge on any atom is 0.412 e. The van der Waals surface area contributed by atoms with Crippen LogP contribution in [-0.2, 0) is 14.8 Å². The molecule has 2 aromatic carbocycles. The topological polar surface area (TPSA) is 75.7 Å². The monoisotopic (exact) mass is 350 g/mol. The Morgan fingerprint density at radius 1 is 1.04 bits per heavy atom. The Kier molecular flexibility index (Phi) is 4.87. The zero-order valence-electron chi connectivity index (χ0n) is 14.5. The first-order valence-corrected chi connectivity index (χ1v) is 8.90. The van der Waals surface area contributed by atoms with E-state index in [9.17, 15) is 13.2 Å². The third-order valence-corrected chi connectivity index (χ3v) is 5.15. The lowest BCUT2D eigenvalue weighted by atomic mass is 10.1. The predicted octanol–water partition coefficient (Wildman–Crippen LogP) is 3.44. The molecule has 0 radical (unpaired) electrons. The fraction of sp³-hybridized carbons (Fsp3) is 0.353. The number of benzene rings is 2. The fourth-order valence-electron chi connectivity index (χ4n) is 2.23. The number of fused-ring (bicyclic) bond motifs is 1. The van der Waals surface area contributed by atoms with E-state index >= 15 is 0 Å². The summed E-state index contributed by atoms with van der Waals surface area (Å²) < 4.78 is 31.4. The number of sulfonamides is 1. The third kappa shape index (κ3) is 3.85. The lowest BCUT2D eigenvalue weighted by Crippen LogP contribution is -2.27. The van der Waals surface area contributed by atoms with Gasteiger partial charge in [0.15, 0.2) is 0 Å². The average molecular weight is 350 g/mol. The summed E-state index contributed by atoms with van der Waals surface area (Å²) in [6, 6.07) is 10.1. The van der Waals surface area contributed by atoms with Crippen molar-refractivity contribution < 1.29 is 17.9 Å². The van der Waals surface area contributed by atoms with Crippen molar-refractivity contribution in [3.05, 3.63) is 36.4 Å². The Morgan fingerprint density at radius 3 is 2.21 bits per heavy atom. The van der Waals surface area contributed by atoms with Gasteiger partial charge in [-0.1, -0.05) is 24.3 Å². The highest BCUT2D eigenvalue weighted by atomic mass is 32.2. The number of carbonyl (C=O) groups is 1. The van der Waals surface area contributed by atoms with Crippen molar-refractivity contribution >= 4 is 32.6 Å². The van der Waals surface area contributed by atoms with Crippen LogP contribution in [0.1, 0.15) is 20.8 Å². The molecule has 0 aliphatic heterocycles. The van der Waals surface area contributed by atoms with Gasteiger partial charge in [0, 0.05) is 24.9 Å². The van der Waals surface area contributed by atoms with Crippen LogP contribution in [0.3, 0.4) is 0 Å². The minimum absolute atomic E-state index is 0.192. The number of hydrogen-bond acceptors (Lipinski definition) is 4. The molecule has 0 aliphatic rings. The van der Waals surface area contributed by atoms with Crippen LogP contribution in [0.4, 0.5) is 10.5 Å². The highest BCUT2D eigenvalue weighted by molar-refractivity contribution is 7.89. The summed E-state index contributed by atoms with van der Waals surface area (Å²) in [7, 11) is -0.622. The Hall–Kier alpha value is -2.12. The van der Waals surface area contributed by atoms with Crippen LogP contribution in [0.15, 0.2) is 41.3 Å². The van der Waals surface area contributed by atoms with Gasteiger partial charge in [-0.15, -0.1) is 0 Å². The first kappa shape index (κ1) is 18.2. The lowest BCUT2D eigenvalue weighted by Gasteiger charge is -2.20. The van der Waals surface area contributed by atoms with E-state index in [-0.39, 0.29) is 4.90 Å². The molecule has 7 heteroatoms. The highest BCUT2D eigenvalue weighted by Crippen LogP contribution is 2.30. The number of ether oxygens (including phenoxy) is 1. The maximum absolute atomic E-state index is 12.5. The van der Waals surface area contributed by atoms with Crippen molar-refractivity contribution in [1.29, 1.82) is 0 Å². The summed E-state index contributed by atoms with van der Waals surface area (Å²) in [6.07, 6.45) is -0.587. The van der Waals surface area contributed by atoms with Crippen LogP contribution >= 0.6 is 0 Å². The number of anilines is 1. The van der Waals surface area contributed by atoms with E-state index in [1.807, 2.05) is 0 Å². The molecule has 0 spiro atoms. The first-order valence-electron chi connectivity index (χ1n) is 7.46. The van der Waals surface area contributed by atoms with Crippen LogP contribution in [-0.4, -0.2) is 38.5 Å². The van der Waals surface area contributed by atoms with Crippen LogP contribution in [0.25, 0.3) is 10.8 Å². The molecule has 0 atom stereocenters. The molecule has 0 bridgehead atoms. The quantitative estimate of drug-likeness (QED) is 0.920. The van der Waals surface area contributed by atoms with Crippen molar-refractivity contribution in [2.45, 2.75) is 31.3 Å². The van der Waals surface area contributed by atoms with Gasteiger partial charge in [-0.25, -0.2) is 17.5 Å². The molecule has 2 rings (SSSR count). The molecule has 0 saturated carbocycles. The molecule has 0 aliphatic carbocycles. The molecular weight excluding hydrogens is 328 g/mol. The van der Waals surface area contributed by atoms with Gasteiger partial charge >= 0.3 is 6.09 Å². The number of nitrogens with zero attached hydrogens (tertiary/aromatic N) is 1. The van der Waals surface area contributed by atoms with Crippen molar-refractivity contribution in [3.63, 3.8) is 0 Å². The zero-order chi connectivity index (χ0) is 18.1. The SMILES string of the molecule is CN(C)S(=O)(=O)c1cccc2c(NC(=O)OC(C)(C)C)cccc12. The van der Waals surface area contributed by atoms with Crippen LogP contribution < -0.4 is 5.32 Å². The Morgan fingerprint density at radius 2 is 1.62 bits per heavy atom. The predicted molar refractivity (Wildman–Crippen MR) is 94.7 cm³/mol. The molecule has 0 saturated heterocycles. The maximum atomic E-state index is 12.5. The standard InChI is InChI=1S/C17H22N2O4S/c1-17(2,3)23-16(20)18-14-10-6-9-13-12(14)8-7-11-15(13)24(21,22)19(4)5/h6-11H,1-5H3,(H,18,20). The van der Waals surface area contributed by atoms with Gasteiger partial charge < -0.3 is 4.74 Å². The summed E-state index contributed by atoms with van der Waals surface area (Å²) >= 11 is 0. The molecule has 0 heterocycles. The summed E-state index contributed by atoms with van der Waals surface area (Å²) in [5.41, 5.74) is -0.119. The Labute approximate surface area is 142 Å². The second-order valence-corrected chi connectivity index (χ2v) is 8.69. The lowest BCUT2D eigenvalue weighted by molar-refractivity contribution is 0.0636. The average Bonchev–Trinajstić information content (AvgIpc) is 2.44. The Balaban J connectivity index is 2.51. The second-order valence-electron chi connectivity index (χ2n) is 6.57. The van der Waals surface area contributed by atoms with Crippen molar-refractivity contribution in [1.82, 2.24) is 4.31 Å². The second kappa shape index (κ2) is 6.41. The fourth-order valence-corrected chi connectivity index (χ4v) is 3.33. The van der Waals surface area contributed by atoms with Crippen molar-refractivity contribution in [2.24, 2.45) is 0 Å². The minimum Gasteiger partial charge on any atom is -0.444 e. The van der Waals surface area contributed by atoms with Gasteiger partial charge in [0.05, 0.1) is 10.6 Å². The molecule has 130 valence electrons. The molecule has 0 unspecified atom stereocenters. The van der Waals surface area contributed by atoms with Gasteiger partial charge in [0.2, 0.25) is 10.0 Å². The molecule has 24 heavy (non-hydrogen) atoms. The van der Waals surface area contributed by atoms with E-state index in [2.05, 4.69) is 5.32 Å². The largest absolute Gasteiger partial charge is 0.444 e. The van der Waals surface area contributed by atoms with Gasteiger partial charge in [0.25, 0.3) is 0 Å². The highest BCUT2D eigenvalue weighted by Gasteiger charge is 2.21. The van der Waals surface area contributed by atoms with E-state index in [1.54, 1.807) is 57.2 Å². The summed E-state index contributed by atoms with van der Waals surface area (Å²) in [6.45, 7) is 5.33. The van der Waals surface area contributed by atoms with E-state index in [1.165, 1.54) is 14.1 Å². The molecule has 0 fully saturated rings. The summed E-state index contributed by atoms with van der Waals surface area (Å²) in [4.78, 5) is 12.2. The number of nitrogens with one attached hydrogen (secondary N) is 1. The van der Waals surface area contributed by atoms with Crippen molar-refractivity contribution in [3.8, 4) is 0 Å². The normalized spacial score (nSPS) is 12.4. The number of amides is 1. The number of hydrogen-bond donors (Lipinski definition) is 1.